The molecular weight excluding hydrogens is 418 g/mol. The zero-order valence-corrected chi connectivity index (χ0v) is 19.3. The van der Waals surface area contributed by atoms with E-state index in [2.05, 4.69) is 17.1 Å². The number of benzene rings is 2. The highest BCUT2D eigenvalue weighted by Crippen LogP contribution is 2.31. The fourth-order valence-corrected chi connectivity index (χ4v) is 4.08. The molecule has 2 aromatic rings. The van der Waals surface area contributed by atoms with Crippen LogP contribution in [0.2, 0.25) is 0 Å². The number of hydrogen-bond acceptors (Lipinski definition) is 6. The lowest BCUT2D eigenvalue weighted by atomic mass is 10.0. The molecule has 0 aromatic heterocycles. The van der Waals surface area contributed by atoms with E-state index in [1.165, 1.54) is 10.5 Å². The van der Waals surface area contributed by atoms with E-state index < -0.39 is 0 Å². The van der Waals surface area contributed by atoms with Crippen LogP contribution in [0.1, 0.15) is 25.0 Å². The summed E-state index contributed by atoms with van der Waals surface area (Å²) >= 11 is 0. The van der Waals surface area contributed by atoms with Crippen molar-refractivity contribution >= 4 is 23.1 Å². The van der Waals surface area contributed by atoms with Gasteiger partial charge < -0.3 is 14.8 Å². The highest BCUT2D eigenvalue weighted by atomic mass is 16.5. The first-order valence-corrected chi connectivity index (χ1v) is 11.6. The van der Waals surface area contributed by atoms with Crippen molar-refractivity contribution in [1.29, 1.82) is 0 Å². The number of aryl methyl sites for hydroxylation is 1. The van der Waals surface area contributed by atoms with E-state index in [-0.39, 0.29) is 11.8 Å². The predicted octanol–water partition coefficient (Wildman–Crippen LogP) is 3.17. The second kappa shape index (κ2) is 10.6. The van der Waals surface area contributed by atoms with Crippen molar-refractivity contribution in [3.05, 3.63) is 65.4 Å². The van der Waals surface area contributed by atoms with Crippen LogP contribution >= 0.6 is 0 Å². The third-order valence-electron chi connectivity index (χ3n) is 6.00. The molecule has 0 atom stereocenters. The van der Waals surface area contributed by atoms with E-state index in [0.29, 0.717) is 49.7 Å². The summed E-state index contributed by atoms with van der Waals surface area (Å²) < 4.78 is 10.9. The van der Waals surface area contributed by atoms with Crippen LogP contribution < -0.4 is 10.1 Å². The monoisotopic (exact) mass is 449 g/mol. The van der Waals surface area contributed by atoms with E-state index in [1.807, 2.05) is 55.5 Å². The van der Waals surface area contributed by atoms with Crippen molar-refractivity contribution in [3.8, 4) is 5.75 Å². The van der Waals surface area contributed by atoms with E-state index >= 15 is 0 Å². The standard InChI is InChI=1S/C26H31N3O4/c1-3-19-5-9-21(10-6-19)27-24-23(20-7-11-22(12-8-20)33-4-2)25(30)29(26(24)31)14-13-28-15-17-32-18-16-28/h5-12,27H,3-4,13-18H2,1-2H3. The van der Waals surface area contributed by atoms with Crippen LogP contribution in [0.3, 0.4) is 0 Å². The molecule has 0 spiro atoms. The van der Waals surface area contributed by atoms with Gasteiger partial charge in [0.1, 0.15) is 11.4 Å². The Balaban J connectivity index is 1.60. The van der Waals surface area contributed by atoms with Crippen molar-refractivity contribution < 1.29 is 19.1 Å². The number of nitrogens with one attached hydrogen (secondary N) is 1. The maximum absolute atomic E-state index is 13.4. The number of imide groups is 1. The summed E-state index contributed by atoms with van der Waals surface area (Å²) in [7, 11) is 0. The largest absolute Gasteiger partial charge is 0.494 e. The number of carbonyl (C=O) groups is 2. The Bertz CT molecular complexity index is 1010. The molecule has 2 amide bonds. The van der Waals surface area contributed by atoms with Crippen LogP contribution in [0.25, 0.3) is 5.57 Å². The Morgan fingerprint density at radius 2 is 1.61 bits per heavy atom. The Morgan fingerprint density at radius 3 is 2.24 bits per heavy atom. The van der Waals surface area contributed by atoms with Gasteiger partial charge in [-0.3, -0.25) is 19.4 Å². The summed E-state index contributed by atoms with van der Waals surface area (Å²) in [4.78, 5) is 30.4. The molecule has 0 saturated carbocycles. The summed E-state index contributed by atoms with van der Waals surface area (Å²) in [6, 6.07) is 15.2. The molecule has 174 valence electrons. The van der Waals surface area contributed by atoms with Gasteiger partial charge >= 0.3 is 0 Å². The first-order valence-electron chi connectivity index (χ1n) is 11.6. The Hall–Kier alpha value is -3.16. The average molecular weight is 450 g/mol. The average Bonchev–Trinajstić information content (AvgIpc) is 3.08. The lowest BCUT2D eigenvalue weighted by Gasteiger charge is -2.28. The fourth-order valence-electron chi connectivity index (χ4n) is 4.08. The van der Waals surface area contributed by atoms with Gasteiger partial charge in [-0.05, 0) is 48.7 Å². The first kappa shape index (κ1) is 23.0. The zero-order chi connectivity index (χ0) is 23.2. The SMILES string of the molecule is CCOc1ccc(C2=C(Nc3ccc(CC)cc3)C(=O)N(CCN3CCOCC3)C2=O)cc1. The predicted molar refractivity (Wildman–Crippen MR) is 128 cm³/mol. The smallest absolute Gasteiger partial charge is 0.278 e. The molecule has 4 rings (SSSR count). The number of morpholine rings is 1. The maximum Gasteiger partial charge on any atom is 0.278 e. The van der Waals surface area contributed by atoms with Crippen molar-refractivity contribution in [2.45, 2.75) is 20.3 Å². The molecule has 0 bridgehead atoms. The van der Waals surface area contributed by atoms with Crippen LogP contribution in [0.4, 0.5) is 5.69 Å². The maximum atomic E-state index is 13.4. The summed E-state index contributed by atoms with van der Waals surface area (Å²) in [6.07, 6.45) is 0.938. The van der Waals surface area contributed by atoms with Gasteiger partial charge in [-0.1, -0.05) is 31.2 Å². The molecule has 33 heavy (non-hydrogen) atoms. The van der Waals surface area contributed by atoms with Crippen molar-refractivity contribution in [2.24, 2.45) is 0 Å². The Kier molecular flexibility index (Phi) is 7.42. The molecule has 2 aliphatic rings. The molecule has 0 radical (unpaired) electrons. The molecule has 2 aliphatic heterocycles. The van der Waals surface area contributed by atoms with Gasteiger partial charge in [0.25, 0.3) is 11.8 Å². The number of carbonyl (C=O) groups excluding carboxylic acids is 2. The van der Waals surface area contributed by atoms with Crippen LogP contribution in [-0.2, 0) is 20.7 Å². The Labute approximate surface area is 195 Å². The molecule has 7 heteroatoms. The number of amides is 2. The molecule has 0 aliphatic carbocycles. The van der Waals surface area contributed by atoms with Crippen LogP contribution in [-0.4, -0.2) is 67.6 Å². The van der Waals surface area contributed by atoms with E-state index in [1.54, 1.807) is 0 Å². The van der Waals surface area contributed by atoms with Gasteiger partial charge in [0, 0.05) is 31.9 Å². The molecule has 2 heterocycles. The topological polar surface area (TPSA) is 71.1 Å². The van der Waals surface area contributed by atoms with Gasteiger partial charge in [0.2, 0.25) is 0 Å². The number of hydrogen-bond donors (Lipinski definition) is 1. The number of ether oxygens (including phenoxy) is 2. The van der Waals surface area contributed by atoms with Gasteiger partial charge in [0.05, 0.1) is 25.4 Å². The highest BCUT2D eigenvalue weighted by Gasteiger charge is 2.39. The lowest BCUT2D eigenvalue weighted by molar-refractivity contribution is -0.137. The lowest BCUT2D eigenvalue weighted by Crippen LogP contribution is -2.43. The zero-order valence-electron chi connectivity index (χ0n) is 19.3. The normalized spacial score (nSPS) is 17.1. The molecule has 1 N–H and O–H groups in total. The summed E-state index contributed by atoms with van der Waals surface area (Å²) in [5.74, 6) is 0.161. The molecular formula is C26H31N3O4. The third kappa shape index (κ3) is 5.26. The summed E-state index contributed by atoms with van der Waals surface area (Å²) in [5.41, 5.74) is 3.39. The highest BCUT2D eigenvalue weighted by molar-refractivity contribution is 6.36. The third-order valence-corrected chi connectivity index (χ3v) is 6.00. The quantitative estimate of drug-likeness (QED) is 0.593. The minimum Gasteiger partial charge on any atom is -0.494 e. The Morgan fingerprint density at radius 1 is 0.909 bits per heavy atom. The minimum absolute atomic E-state index is 0.273. The summed E-state index contributed by atoms with van der Waals surface area (Å²) in [6.45, 7) is 8.54. The van der Waals surface area contributed by atoms with Crippen molar-refractivity contribution in [2.75, 3.05) is 51.3 Å². The molecule has 1 saturated heterocycles. The minimum atomic E-state index is -0.295. The van der Waals surface area contributed by atoms with Crippen LogP contribution in [0.15, 0.2) is 54.2 Å². The fraction of sp³-hybridized carbons (Fsp3) is 0.385. The number of anilines is 1. The van der Waals surface area contributed by atoms with E-state index in [4.69, 9.17) is 9.47 Å². The van der Waals surface area contributed by atoms with Gasteiger partial charge in [-0.15, -0.1) is 0 Å². The number of rotatable bonds is 9. The number of nitrogens with zero attached hydrogens (tertiary/aromatic N) is 2. The second-order valence-electron chi connectivity index (χ2n) is 8.10. The molecule has 2 aromatic carbocycles. The second-order valence-corrected chi connectivity index (χ2v) is 8.10. The van der Waals surface area contributed by atoms with Gasteiger partial charge in [-0.2, -0.15) is 0 Å². The van der Waals surface area contributed by atoms with Crippen molar-refractivity contribution in [1.82, 2.24) is 9.80 Å². The molecule has 7 nitrogen and oxygen atoms in total. The summed E-state index contributed by atoms with van der Waals surface area (Å²) in [5, 5.41) is 3.23. The molecule has 0 unspecified atom stereocenters. The van der Waals surface area contributed by atoms with Crippen molar-refractivity contribution in [3.63, 3.8) is 0 Å². The van der Waals surface area contributed by atoms with Gasteiger partial charge in [0.15, 0.2) is 0 Å². The van der Waals surface area contributed by atoms with Crippen LogP contribution in [0.5, 0.6) is 5.75 Å². The van der Waals surface area contributed by atoms with E-state index in [0.717, 1.165) is 30.9 Å². The van der Waals surface area contributed by atoms with Crippen LogP contribution in [0, 0.1) is 0 Å². The van der Waals surface area contributed by atoms with Gasteiger partial charge in [-0.25, -0.2) is 0 Å². The molecule has 1 fully saturated rings. The first-order chi connectivity index (χ1) is 16.1. The van der Waals surface area contributed by atoms with E-state index in [9.17, 15) is 9.59 Å².